The number of rotatable bonds is 3. The number of nitrogens with one attached hydrogen (secondary N) is 1. The molecule has 6 heteroatoms. The number of carbonyl (C=O) groups excluding carboxylic acids is 2. The second kappa shape index (κ2) is 6.95. The molecule has 0 saturated carbocycles. The Hall–Kier alpha value is -1.85. The van der Waals surface area contributed by atoms with Crippen molar-refractivity contribution in [2.75, 3.05) is 16.8 Å². The zero-order valence-electron chi connectivity index (χ0n) is 13.1. The Kier molecular flexibility index (Phi) is 4.92. The molecule has 2 aromatic carbocycles. The predicted octanol–water partition coefficient (Wildman–Crippen LogP) is 4.65. The second-order valence-electron chi connectivity index (χ2n) is 5.57. The monoisotopic (exact) mass is 406 g/mol. The van der Waals surface area contributed by atoms with E-state index in [9.17, 15) is 9.59 Å². The summed E-state index contributed by atoms with van der Waals surface area (Å²) in [5.41, 5.74) is 3.04. The fourth-order valence-electron chi connectivity index (χ4n) is 2.78. The van der Waals surface area contributed by atoms with Gasteiger partial charge in [-0.1, -0.05) is 34.5 Å². The first-order chi connectivity index (χ1) is 11.5. The van der Waals surface area contributed by atoms with Gasteiger partial charge in [0, 0.05) is 28.7 Å². The fraction of sp³-hybridized carbons (Fsp3) is 0.222. The van der Waals surface area contributed by atoms with Crippen LogP contribution in [0, 0.1) is 0 Å². The zero-order chi connectivity index (χ0) is 17.3. The number of nitrogens with zero attached hydrogens (tertiary/aromatic N) is 1. The normalized spacial score (nSPS) is 12.9. The Morgan fingerprint density at radius 3 is 2.75 bits per heavy atom. The number of hydrogen-bond acceptors (Lipinski definition) is 2. The quantitative estimate of drug-likeness (QED) is 0.805. The number of hydrogen-bond donors (Lipinski definition) is 1. The standard InChI is InChI=1S/C18H16BrClN2O2/c1-2-17(23)22-8-7-11-9-12(3-6-16(11)22)18(24)21-15-5-4-13(19)10-14(15)20/h3-6,9-10H,2,7-8H2,1H3,(H,21,24). The number of benzene rings is 2. The summed E-state index contributed by atoms with van der Waals surface area (Å²) in [5, 5.41) is 3.29. The molecule has 0 aromatic heterocycles. The first-order valence-electron chi connectivity index (χ1n) is 7.69. The van der Waals surface area contributed by atoms with Crippen LogP contribution in [0.4, 0.5) is 11.4 Å². The molecule has 1 aliphatic rings. The van der Waals surface area contributed by atoms with Crippen molar-refractivity contribution < 1.29 is 9.59 Å². The molecule has 2 aromatic rings. The number of carbonyl (C=O) groups is 2. The highest BCUT2D eigenvalue weighted by Crippen LogP contribution is 2.30. The molecule has 0 atom stereocenters. The maximum atomic E-state index is 12.5. The summed E-state index contributed by atoms with van der Waals surface area (Å²) in [7, 11) is 0. The van der Waals surface area contributed by atoms with Crippen LogP contribution in [0.1, 0.15) is 29.3 Å². The van der Waals surface area contributed by atoms with Crippen molar-refractivity contribution in [2.24, 2.45) is 0 Å². The number of amides is 2. The molecule has 0 bridgehead atoms. The average Bonchev–Trinajstić information content (AvgIpc) is 2.99. The van der Waals surface area contributed by atoms with E-state index in [0.29, 0.717) is 29.2 Å². The van der Waals surface area contributed by atoms with Gasteiger partial charge in [0.1, 0.15) is 0 Å². The molecule has 1 N–H and O–H groups in total. The van der Waals surface area contributed by atoms with Crippen LogP contribution in [0.25, 0.3) is 0 Å². The summed E-state index contributed by atoms with van der Waals surface area (Å²) in [4.78, 5) is 26.2. The van der Waals surface area contributed by atoms with E-state index in [0.717, 1.165) is 22.1 Å². The highest BCUT2D eigenvalue weighted by atomic mass is 79.9. The van der Waals surface area contributed by atoms with E-state index in [1.165, 1.54) is 0 Å². The molecule has 0 aliphatic carbocycles. The van der Waals surface area contributed by atoms with E-state index in [4.69, 9.17) is 11.6 Å². The molecule has 1 aliphatic heterocycles. The molecule has 124 valence electrons. The molecule has 1 heterocycles. The number of fused-ring (bicyclic) bond motifs is 1. The van der Waals surface area contributed by atoms with Crippen LogP contribution >= 0.6 is 27.5 Å². The third kappa shape index (κ3) is 3.32. The van der Waals surface area contributed by atoms with Crippen molar-refractivity contribution in [2.45, 2.75) is 19.8 Å². The smallest absolute Gasteiger partial charge is 0.255 e. The summed E-state index contributed by atoms with van der Waals surface area (Å²) in [5.74, 6) is -0.116. The summed E-state index contributed by atoms with van der Waals surface area (Å²) >= 11 is 9.47. The van der Waals surface area contributed by atoms with Crippen molar-refractivity contribution >= 4 is 50.7 Å². The Balaban J connectivity index is 1.81. The van der Waals surface area contributed by atoms with E-state index >= 15 is 0 Å². The minimum absolute atomic E-state index is 0.104. The van der Waals surface area contributed by atoms with Crippen molar-refractivity contribution in [1.29, 1.82) is 0 Å². The molecule has 0 fully saturated rings. The highest BCUT2D eigenvalue weighted by Gasteiger charge is 2.24. The third-order valence-corrected chi connectivity index (χ3v) is 4.83. The Bertz CT molecular complexity index is 823. The van der Waals surface area contributed by atoms with Gasteiger partial charge in [0.05, 0.1) is 10.7 Å². The Morgan fingerprint density at radius 2 is 2.04 bits per heavy atom. The van der Waals surface area contributed by atoms with Crippen LogP contribution in [0.3, 0.4) is 0 Å². The molecule has 0 unspecified atom stereocenters. The molecular weight excluding hydrogens is 392 g/mol. The maximum absolute atomic E-state index is 12.5. The van der Waals surface area contributed by atoms with Crippen molar-refractivity contribution in [1.82, 2.24) is 0 Å². The molecule has 3 rings (SSSR count). The third-order valence-electron chi connectivity index (χ3n) is 4.02. The molecule has 4 nitrogen and oxygen atoms in total. The number of halogens is 2. The summed E-state index contributed by atoms with van der Waals surface area (Å²) in [6.07, 6.45) is 1.24. The van der Waals surface area contributed by atoms with Crippen LogP contribution in [0.5, 0.6) is 0 Å². The Morgan fingerprint density at radius 1 is 1.25 bits per heavy atom. The van der Waals surface area contributed by atoms with Crippen LogP contribution in [-0.2, 0) is 11.2 Å². The van der Waals surface area contributed by atoms with Gasteiger partial charge in [0.2, 0.25) is 5.91 Å². The molecule has 24 heavy (non-hydrogen) atoms. The average molecular weight is 408 g/mol. The van der Waals surface area contributed by atoms with Crippen molar-refractivity contribution in [3.63, 3.8) is 0 Å². The fourth-order valence-corrected chi connectivity index (χ4v) is 3.50. The first-order valence-corrected chi connectivity index (χ1v) is 8.86. The van der Waals surface area contributed by atoms with Crippen LogP contribution < -0.4 is 10.2 Å². The lowest BCUT2D eigenvalue weighted by Crippen LogP contribution is -2.27. The molecule has 0 radical (unpaired) electrons. The van der Waals surface area contributed by atoms with E-state index in [1.54, 1.807) is 23.1 Å². The lowest BCUT2D eigenvalue weighted by molar-refractivity contribution is -0.118. The van der Waals surface area contributed by atoms with Crippen molar-refractivity contribution in [3.05, 3.63) is 57.0 Å². The lowest BCUT2D eigenvalue weighted by Gasteiger charge is -2.16. The summed E-state index contributed by atoms with van der Waals surface area (Å²) < 4.78 is 0.851. The lowest BCUT2D eigenvalue weighted by atomic mass is 10.1. The molecule has 0 spiro atoms. The van der Waals surface area contributed by atoms with Gasteiger partial charge in [0.15, 0.2) is 0 Å². The highest BCUT2D eigenvalue weighted by molar-refractivity contribution is 9.10. The van der Waals surface area contributed by atoms with E-state index < -0.39 is 0 Å². The van der Waals surface area contributed by atoms with E-state index in [-0.39, 0.29) is 11.8 Å². The van der Waals surface area contributed by atoms with Gasteiger partial charge in [-0.3, -0.25) is 9.59 Å². The predicted molar refractivity (Wildman–Crippen MR) is 99.9 cm³/mol. The molecule has 0 saturated heterocycles. The SMILES string of the molecule is CCC(=O)N1CCc2cc(C(=O)Nc3ccc(Br)cc3Cl)ccc21. The van der Waals surface area contributed by atoms with Gasteiger partial charge in [-0.2, -0.15) is 0 Å². The van der Waals surface area contributed by atoms with Gasteiger partial charge < -0.3 is 10.2 Å². The number of anilines is 2. The summed E-state index contributed by atoms with van der Waals surface area (Å²) in [6, 6.07) is 10.7. The van der Waals surface area contributed by atoms with Gasteiger partial charge in [0.25, 0.3) is 5.91 Å². The van der Waals surface area contributed by atoms with Gasteiger partial charge in [-0.15, -0.1) is 0 Å². The van der Waals surface area contributed by atoms with E-state index in [2.05, 4.69) is 21.2 Å². The molecular formula is C18H16BrClN2O2. The zero-order valence-corrected chi connectivity index (χ0v) is 15.4. The second-order valence-corrected chi connectivity index (χ2v) is 6.89. The largest absolute Gasteiger partial charge is 0.321 e. The summed E-state index contributed by atoms with van der Waals surface area (Å²) in [6.45, 7) is 2.52. The first kappa shape index (κ1) is 17.0. The Labute approximate surface area is 153 Å². The topological polar surface area (TPSA) is 49.4 Å². The molecule has 2 amide bonds. The minimum atomic E-state index is -0.220. The van der Waals surface area contributed by atoms with Gasteiger partial charge in [-0.25, -0.2) is 0 Å². The van der Waals surface area contributed by atoms with Crippen LogP contribution in [0.2, 0.25) is 5.02 Å². The van der Waals surface area contributed by atoms with Crippen LogP contribution in [-0.4, -0.2) is 18.4 Å². The van der Waals surface area contributed by atoms with Gasteiger partial charge >= 0.3 is 0 Å². The minimum Gasteiger partial charge on any atom is -0.321 e. The van der Waals surface area contributed by atoms with E-state index in [1.807, 2.05) is 25.1 Å². The van der Waals surface area contributed by atoms with Crippen LogP contribution in [0.15, 0.2) is 40.9 Å². The van der Waals surface area contributed by atoms with Crippen molar-refractivity contribution in [3.8, 4) is 0 Å². The maximum Gasteiger partial charge on any atom is 0.255 e. The van der Waals surface area contributed by atoms with Gasteiger partial charge in [-0.05, 0) is 48.4 Å².